The van der Waals surface area contributed by atoms with E-state index in [4.69, 9.17) is 9.47 Å². The summed E-state index contributed by atoms with van der Waals surface area (Å²) in [5, 5.41) is 9.38. The zero-order chi connectivity index (χ0) is 26.9. The minimum atomic E-state index is -0.773. The average Bonchev–Trinajstić information content (AvgIpc) is 2.92. The highest BCUT2D eigenvalue weighted by atomic mass is 16.5. The predicted molar refractivity (Wildman–Crippen MR) is 149 cm³/mol. The second-order valence-electron chi connectivity index (χ2n) is 11.8. The highest BCUT2D eigenvalue weighted by Crippen LogP contribution is 2.53. The lowest BCUT2D eigenvalue weighted by molar-refractivity contribution is -0.0750. The first-order valence-electron chi connectivity index (χ1n) is 14.1. The van der Waals surface area contributed by atoms with Gasteiger partial charge in [0, 0.05) is 63.0 Å². The normalized spacial score (nSPS) is 22.4. The lowest BCUT2D eigenvalue weighted by Crippen LogP contribution is -2.60. The van der Waals surface area contributed by atoms with Crippen LogP contribution in [0, 0.1) is 5.41 Å². The van der Waals surface area contributed by atoms with E-state index in [2.05, 4.69) is 54.0 Å². The number of carboxylic acid groups (broad SMARTS) is 1. The summed E-state index contributed by atoms with van der Waals surface area (Å²) in [6, 6.07) is 16.0. The third-order valence-electron chi connectivity index (χ3n) is 9.27. The summed E-state index contributed by atoms with van der Waals surface area (Å²) < 4.78 is 11.1. The highest BCUT2D eigenvalue weighted by Gasteiger charge is 2.50. The summed E-state index contributed by atoms with van der Waals surface area (Å²) in [4.78, 5) is 18.3. The maximum absolute atomic E-state index is 11.4. The molecule has 38 heavy (non-hydrogen) atoms. The average molecular weight is 522 g/mol. The summed E-state index contributed by atoms with van der Waals surface area (Å²) in [6.45, 7) is 9.83. The first kappa shape index (κ1) is 26.8. The Morgan fingerprint density at radius 2 is 1.76 bits per heavy atom. The van der Waals surface area contributed by atoms with Crippen molar-refractivity contribution in [3.05, 3.63) is 59.2 Å². The molecule has 0 radical (unpaired) electrons. The topological polar surface area (TPSA) is 65.5 Å². The molecule has 2 aromatic rings. The van der Waals surface area contributed by atoms with Crippen LogP contribution >= 0.6 is 0 Å². The fraction of sp³-hybridized carbons (Fsp3) is 0.581. The van der Waals surface area contributed by atoms with E-state index in [9.17, 15) is 9.90 Å². The van der Waals surface area contributed by atoms with Gasteiger partial charge in [-0.3, -0.25) is 9.80 Å². The van der Waals surface area contributed by atoms with Crippen LogP contribution in [-0.2, 0) is 6.54 Å². The first-order valence-corrected chi connectivity index (χ1v) is 14.1. The summed E-state index contributed by atoms with van der Waals surface area (Å²) >= 11 is 0. The van der Waals surface area contributed by atoms with Gasteiger partial charge < -0.3 is 19.5 Å². The van der Waals surface area contributed by atoms with Gasteiger partial charge in [-0.1, -0.05) is 44.2 Å². The van der Waals surface area contributed by atoms with E-state index in [1.165, 1.54) is 29.5 Å². The van der Waals surface area contributed by atoms with Crippen molar-refractivity contribution in [3.8, 4) is 11.5 Å². The molecule has 2 heterocycles. The molecule has 1 atom stereocenters. The van der Waals surface area contributed by atoms with E-state index in [1.807, 2.05) is 12.1 Å². The lowest BCUT2D eigenvalue weighted by atomic mass is 9.59. The Morgan fingerprint density at radius 1 is 1.03 bits per heavy atom. The van der Waals surface area contributed by atoms with Crippen molar-refractivity contribution in [2.75, 3.05) is 46.9 Å². The summed E-state index contributed by atoms with van der Waals surface area (Å²) in [6.07, 6.45) is 3.60. The maximum Gasteiger partial charge on any atom is 0.407 e. The number of methoxy groups -OCH3 is 2. The van der Waals surface area contributed by atoms with E-state index in [0.29, 0.717) is 36.5 Å². The summed E-state index contributed by atoms with van der Waals surface area (Å²) in [5.41, 5.74) is 4.41. The third kappa shape index (κ3) is 5.36. The molecule has 206 valence electrons. The predicted octanol–water partition coefficient (Wildman–Crippen LogP) is 5.61. The zero-order valence-electron chi connectivity index (χ0n) is 23.4. The van der Waals surface area contributed by atoms with Gasteiger partial charge in [-0.15, -0.1) is 0 Å². The third-order valence-corrected chi connectivity index (χ3v) is 9.27. The van der Waals surface area contributed by atoms with E-state index in [1.54, 1.807) is 19.1 Å². The zero-order valence-corrected chi connectivity index (χ0v) is 23.4. The quantitative estimate of drug-likeness (QED) is 0.511. The molecular formula is C31H43N3O4. The van der Waals surface area contributed by atoms with Crippen molar-refractivity contribution < 1.29 is 19.4 Å². The largest absolute Gasteiger partial charge is 0.497 e. The SMILES string of the molecule is COc1ccc(CN2CCN(C3CC4(CCN(C(=O)O)CC4)C3)[C@@H](c3ccccc3C(C)C)C2)c(OC)c1. The number of piperazine rings is 1. The van der Waals surface area contributed by atoms with Gasteiger partial charge in [0.1, 0.15) is 11.5 Å². The number of amides is 1. The number of nitrogens with zero attached hydrogens (tertiary/aromatic N) is 3. The second kappa shape index (κ2) is 11.1. The number of hydrogen-bond acceptors (Lipinski definition) is 5. The van der Waals surface area contributed by atoms with Crippen LogP contribution in [0.15, 0.2) is 42.5 Å². The van der Waals surface area contributed by atoms with Gasteiger partial charge in [-0.2, -0.15) is 0 Å². The smallest absolute Gasteiger partial charge is 0.407 e. The van der Waals surface area contributed by atoms with Crippen LogP contribution < -0.4 is 9.47 Å². The van der Waals surface area contributed by atoms with Gasteiger partial charge in [0.05, 0.1) is 14.2 Å². The molecule has 0 aromatic heterocycles. The van der Waals surface area contributed by atoms with Gasteiger partial charge in [0.25, 0.3) is 0 Å². The van der Waals surface area contributed by atoms with Gasteiger partial charge in [-0.05, 0) is 54.2 Å². The number of carbonyl (C=O) groups is 1. The fourth-order valence-electron chi connectivity index (χ4n) is 7.03. The molecular weight excluding hydrogens is 478 g/mol. The van der Waals surface area contributed by atoms with Crippen LogP contribution in [0.25, 0.3) is 0 Å². The maximum atomic E-state index is 11.4. The Hall–Kier alpha value is -2.77. The lowest BCUT2D eigenvalue weighted by Gasteiger charge is -2.58. The van der Waals surface area contributed by atoms with Crippen molar-refractivity contribution in [2.24, 2.45) is 5.41 Å². The Balaban J connectivity index is 1.34. The molecule has 1 N–H and O–H groups in total. The molecule has 0 bridgehead atoms. The van der Waals surface area contributed by atoms with Crippen molar-refractivity contribution in [3.63, 3.8) is 0 Å². The molecule has 2 aliphatic heterocycles. The van der Waals surface area contributed by atoms with E-state index in [0.717, 1.165) is 50.5 Å². The Bertz CT molecular complexity index is 1120. The minimum Gasteiger partial charge on any atom is -0.497 e. The monoisotopic (exact) mass is 521 g/mol. The van der Waals surface area contributed by atoms with Crippen LogP contribution in [0.5, 0.6) is 11.5 Å². The van der Waals surface area contributed by atoms with Crippen LogP contribution in [0.1, 0.15) is 68.2 Å². The standard InChI is InChI=1S/C31H43N3O4/c1-22(2)26-7-5-6-8-27(26)28-21-32(20-23-9-10-25(37-3)17-29(23)38-4)15-16-34(28)24-18-31(19-24)11-13-33(14-12-31)30(35)36/h5-10,17,22,24,28H,11-16,18-21H2,1-4H3,(H,35,36)/t28-/m1/s1. The number of hydrogen-bond donors (Lipinski definition) is 1. The second-order valence-corrected chi connectivity index (χ2v) is 11.8. The van der Waals surface area contributed by atoms with Crippen molar-refractivity contribution in [1.82, 2.24) is 14.7 Å². The molecule has 0 unspecified atom stereocenters. The highest BCUT2D eigenvalue weighted by molar-refractivity contribution is 5.65. The molecule has 1 spiro atoms. The van der Waals surface area contributed by atoms with Crippen LogP contribution in [-0.4, -0.2) is 78.9 Å². The first-order chi connectivity index (χ1) is 18.3. The Labute approximate surface area is 227 Å². The number of piperidine rings is 1. The van der Waals surface area contributed by atoms with Gasteiger partial charge in [-0.25, -0.2) is 4.79 Å². The number of likely N-dealkylation sites (tertiary alicyclic amines) is 1. The molecule has 2 aromatic carbocycles. The van der Waals surface area contributed by atoms with Gasteiger partial charge in [0.15, 0.2) is 0 Å². The minimum absolute atomic E-state index is 0.326. The molecule has 1 aliphatic carbocycles. The van der Waals surface area contributed by atoms with Crippen LogP contribution in [0.3, 0.4) is 0 Å². The van der Waals surface area contributed by atoms with Crippen molar-refractivity contribution in [2.45, 2.75) is 64.1 Å². The molecule has 2 saturated heterocycles. The summed E-state index contributed by atoms with van der Waals surface area (Å²) in [5.74, 6) is 2.16. The Kier molecular flexibility index (Phi) is 7.87. The molecule has 1 amide bonds. The molecule has 5 rings (SSSR count). The number of benzene rings is 2. The van der Waals surface area contributed by atoms with Gasteiger partial charge >= 0.3 is 6.09 Å². The van der Waals surface area contributed by atoms with E-state index >= 15 is 0 Å². The number of rotatable bonds is 7. The van der Waals surface area contributed by atoms with E-state index < -0.39 is 6.09 Å². The molecule has 3 fully saturated rings. The van der Waals surface area contributed by atoms with Gasteiger partial charge in [0.2, 0.25) is 0 Å². The fourth-order valence-corrected chi connectivity index (χ4v) is 7.03. The Morgan fingerprint density at radius 3 is 2.42 bits per heavy atom. The van der Waals surface area contributed by atoms with Crippen molar-refractivity contribution in [1.29, 1.82) is 0 Å². The van der Waals surface area contributed by atoms with Crippen LogP contribution in [0.2, 0.25) is 0 Å². The summed E-state index contributed by atoms with van der Waals surface area (Å²) in [7, 11) is 3.41. The molecule has 7 heteroatoms. The van der Waals surface area contributed by atoms with E-state index in [-0.39, 0.29) is 0 Å². The van der Waals surface area contributed by atoms with Crippen molar-refractivity contribution >= 4 is 6.09 Å². The molecule has 1 saturated carbocycles. The molecule has 7 nitrogen and oxygen atoms in total. The van der Waals surface area contributed by atoms with Crippen LogP contribution in [0.4, 0.5) is 4.79 Å². The molecule has 3 aliphatic rings. The number of ether oxygens (including phenoxy) is 2.